The number of hydrogen-bond acceptors (Lipinski definition) is 4. The summed E-state index contributed by atoms with van der Waals surface area (Å²) in [6, 6.07) is 13.4. The molecule has 5 nitrogen and oxygen atoms in total. The summed E-state index contributed by atoms with van der Waals surface area (Å²) in [5.74, 6) is 0.797. The van der Waals surface area contributed by atoms with E-state index in [4.69, 9.17) is 5.73 Å². The van der Waals surface area contributed by atoms with Crippen molar-refractivity contribution in [2.45, 2.75) is 31.8 Å². The van der Waals surface area contributed by atoms with Crippen molar-refractivity contribution in [2.75, 3.05) is 18.0 Å². The monoisotopic (exact) mass is 324 g/mol. The van der Waals surface area contributed by atoms with Crippen LogP contribution in [0.2, 0.25) is 0 Å². The van der Waals surface area contributed by atoms with Crippen LogP contribution in [0, 0.1) is 0 Å². The van der Waals surface area contributed by atoms with Gasteiger partial charge in [-0.1, -0.05) is 30.3 Å². The first-order valence-electron chi connectivity index (χ1n) is 8.40. The average Bonchev–Trinajstić information content (AvgIpc) is 3.15. The zero-order valence-electron chi connectivity index (χ0n) is 14.0. The quantitative estimate of drug-likeness (QED) is 0.884. The number of pyridine rings is 1. The Bertz CT molecular complexity index is 694. The van der Waals surface area contributed by atoms with Gasteiger partial charge in [-0.15, -0.1) is 0 Å². The highest BCUT2D eigenvalue weighted by Crippen LogP contribution is 2.20. The van der Waals surface area contributed by atoms with E-state index in [1.54, 1.807) is 13.1 Å². The maximum Gasteiger partial charge on any atom is 0.244 e. The van der Waals surface area contributed by atoms with E-state index < -0.39 is 5.54 Å². The van der Waals surface area contributed by atoms with Crippen molar-refractivity contribution in [1.82, 2.24) is 10.3 Å². The molecular weight excluding hydrogens is 300 g/mol. The molecule has 1 fully saturated rings. The van der Waals surface area contributed by atoms with Crippen molar-refractivity contribution in [2.24, 2.45) is 5.73 Å². The van der Waals surface area contributed by atoms with Crippen LogP contribution in [0.5, 0.6) is 0 Å². The number of anilines is 1. The fourth-order valence-corrected chi connectivity index (χ4v) is 2.97. The van der Waals surface area contributed by atoms with Crippen molar-refractivity contribution in [1.29, 1.82) is 0 Å². The summed E-state index contributed by atoms with van der Waals surface area (Å²) in [6.45, 7) is 4.29. The molecule has 0 bridgehead atoms. The molecule has 1 aliphatic heterocycles. The zero-order valence-corrected chi connectivity index (χ0v) is 14.0. The number of benzene rings is 1. The summed E-state index contributed by atoms with van der Waals surface area (Å²) in [4.78, 5) is 19.2. The molecule has 2 heterocycles. The summed E-state index contributed by atoms with van der Waals surface area (Å²) in [5, 5.41) is 2.95. The minimum absolute atomic E-state index is 0.187. The third-order valence-electron chi connectivity index (χ3n) is 4.54. The van der Waals surface area contributed by atoms with Crippen molar-refractivity contribution < 1.29 is 4.79 Å². The van der Waals surface area contributed by atoms with Gasteiger partial charge < -0.3 is 16.0 Å². The van der Waals surface area contributed by atoms with E-state index in [0.29, 0.717) is 6.54 Å². The second kappa shape index (κ2) is 7.01. The van der Waals surface area contributed by atoms with E-state index in [2.05, 4.69) is 15.2 Å². The van der Waals surface area contributed by atoms with E-state index in [1.807, 2.05) is 42.5 Å². The molecular formula is C19H24N4O. The third kappa shape index (κ3) is 3.57. The van der Waals surface area contributed by atoms with E-state index in [-0.39, 0.29) is 5.91 Å². The van der Waals surface area contributed by atoms with Crippen LogP contribution in [-0.2, 0) is 16.9 Å². The summed E-state index contributed by atoms with van der Waals surface area (Å²) in [6.07, 6.45) is 4.23. The van der Waals surface area contributed by atoms with Crippen molar-refractivity contribution in [3.8, 4) is 0 Å². The van der Waals surface area contributed by atoms with Crippen LogP contribution < -0.4 is 16.0 Å². The van der Waals surface area contributed by atoms with Gasteiger partial charge in [-0.2, -0.15) is 0 Å². The summed E-state index contributed by atoms with van der Waals surface area (Å²) < 4.78 is 0. The largest absolute Gasteiger partial charge is 0.357 e. The van der Waals surface area contributed by atoms with Gasteiger partial charge in [0, 0.05) is 25.8 Å². The number of amides is 1. The lowest BCUT2D eigenvalue weighted by Crippen LogP contribution is -2.48. The van der Waals surface area contributed by atoms with Crippen molar-refractivity contribution in [3.63, 3.8) is 0 Å². The summed E-state index contributed by atoms with van der Waals surface area (Å²) >= 11 is 0. The number of rotatable bonds is 5. The van der Waals surface area contributed by atoms with Gasteiger partial charge in [0.2, 0.25) is 5.91 Å². The molecule has 0 spiro atoms. The molecule has 1 aromatic carbocycles. The van der Waals surface area contributed by atoms with Gasteiger partial charge in [0.1, 0.15) is 11.4 Å². The van der Waals surface area contributed by atoms with Crippen LogP contribution >= 0.6 is 0 Å². The van der Waals surface area contributed by atoms with Gasteiger partial charge in [0.25, 0.3) is 0 Å². The second-order valence-corrected chi connectivity index (χ2v) is 6.47. The first-order chi connectivity index (χ1) is 11.6. The van der Waals surface area contributed by atoms with Gasteiger partial charge in [-0.3, -0.25) is 4.79 Å². The van der Waals surface area contributed by atoms with Crippen molar-refractivity contribution in [3.05, 3.63) is 59.8 Å². The first kappa shape index (κ1) is 16.5. The molecule has 24 heavy (non-hydrogen) atoms. The van der Waals surface area contributed by atoms with Gasteiger partial charge in [-0.05, 0) is 43.0 Å². The van der Waals surface area contributed by atoms with E-state index in [9.17, 15) is 4.79 Å². The first-order valence-corrected chi connectivity index (χ1v) is 8.40. The Labute approximate surface area is 142 Å². The van der Waals surface area contributed by atoms with E-state index in [1.165, 1.54) is 12.8 Å². The summed E-state index contributed by atoms with van der Waals surface area (Å²) in [5.41, 5.74) is 7.03. The highest BCUT2D eigenvalue weighted by atomic mass is 16.2. The predicted molar refractivity (Wildman–Crippen MR) is 95.5 cm³/mol. The fourth-order valence-electron chi connectivity index (χ4n) is 2.97. The van der Waals surface area contributed by atoms with Gasteiger partial charge in [-0.25, -0.2) is 4.98 Å². The number of carbonyl (C=O) groups excluding carboxylic acids is 1. The molecule has 1 aliphatic rings. The van der Waals surface area contributed by atoms with Gasteiger partial charge >= 0.3 is 0 Å². The number of hydrogen-bond donors (Lipinski definition) is 2. The van der Waals surface area contributed by atoms with Crippen LogP contribution in [0.4, 0.5) is 5.82 Å². The number of nitrogens with two attached hydrogens (primary N) is 1. The van der Waals surface area contributed by atoms with Gasteiger partial charge in [0.15, 0.2) is 0 Å². The van der Waals surface area contributed by atoms with E-state index >= 15 is 0 Å². The number of nitrogens with zero attached hydrogens (tertiary/aromatic N) is 2. The van der Waals surface area contributed by atoms with E-state index in [0.717, 1.165) is 30.0 Å². The molecule has 3 rings (SSSR count). The molecule has 2 aromatic rings. The van der Waals surface area contributed by atoms with Crippen LogP contribution in [0.1, 0.15) is 30.9 Å². The predicted octanol–water partition coefficient (Wildman–Crippen LogP) is 2.17. The molecule has 0 saturated carbocycles. The Morgan fingerprint density at radius 2 is 1.96 bits per heavy atom. The maximum absolute atomic E-state index is 12.5. The Balaban J connectivity index is 1.65. The SMILES string of the molecule is CC(N)(C(=O)NCc1ccnc(N2CCCC2)c1)c1ccccc1. The fraction of sp³-hybridized carbons (Fsp3) is 0.368. The molecule has 1 aromatic heterocycles. The molecule has 5 heteroatoms. The lowest BCUT2D eigenvalue weighted by Gasteiger charge is -2.24. The lowest BCUT2D eigenvalue weighted by atomic mass is 9.92. The molecule has 1 saturated heterocycles. The Morgan fingerprint density at radius 3 is 2.67 bits per heavy atom. The molecule has 0 radical (unpaired) electrons. The Morgan fingerprint density at radius 1 is 1.25 bits per heavy atom. The lowest BCUT2D eigenvalue weighted by molar-refractivity contribution is -0.126. The Kier molecular flexibility index (Phi) is 4.81. The molecule has 1 unspecified atom stereocenters. The van der Waals surface area contributed by atoms with Crippen LogP contribution in [0.25, 0.3) is 0 Å². The average molecular weight is 324 g/mol. The molecule has 1 atom stereocenters. The van der Waals surface area contributed by atoms with Crippen molar-refractivity contribution >= 4 is 11.7 Å². The highest BCUT2D eigenvalue weighted by Gasteiger charge is 2.30. The molecule has 0 aliphatic carbocycles. The highest BCUT2D eigenvalue weighted by molar-refractivity contribution is 5.86. The second-order valence-electron chi connectivity index (χ2n) is 6.47. The topological polar surface area (TPSA) is 71.2 Å². The number of aromatic nitrogens is 1. The maximum atomic E-state index is 12.5. The minimum Gasteiger partial charge on any atom is -0.357 e. The molecule has 1 amide bonds. The third-order valence-corrected chi connectivity index (χ3v) is 4.54. The van der Waals surface area contributed by atoms with Crippen LogP contribution in [0.15, 0.2) is 48.7 Å². The molecule has 126 valence electrons. The van der Waals surface area contributed by atoms with Crippen LogP contribution in [-0.4, -0.2) is 24.0 Å². The smallest absolute Gasteiger partial charge is 0.244 e. The normalized spacial score (nSPS) is 16.7. The van der Waals surface area contributed by atoms with Crippen LogP contribution in [0.3, 0.4) is 0 Å². The summed E-state index contributed by atoms with van der Waals surface area (Å²) in [7, 11) is 0. The Hall–Kier alpha value is -2.40. The molecule has 3 N–H and O–H groups in total. The minimum atomic E-state index is -1.05. The number of nitrogens with one attached hydrogen (secondary N) is 1. The number of carbonyl (C=O) groups is 1. The standard InChI is InChI=1S/C19H24N4O/c1-19(20,16-7-3-2-4-8-16)18(24)22-14-15-9-10-21-17(13-15)23-11-5-6-12-23/h2-4,7-10,13H,5-6,11-12,14,20H2,1H3,(H,22,24). The zero-order chi connectivity index (χ0) is 17.0. The van der Waals surface area contributed by atoms with Gasteiger partial charge in [0.05, 0.1) is 0 Å².